The largest absolute Gasteiger partial charge is 0.373 e. The Kier molecular flexibility index (Phi) is 4.25. The fourth-order valence-corrected chi connectivity index (χ4v) is 4.46. The fourth-order valence-electron chi connectivity index (χ4n) is 4.46. The first-order valence-corrected chi connectivity index (χ1v) is 9.40. The van der Waals surface area contributed by atoms with Gasteiger partial charge in [0, 0.05) is 5.69 Å². The van der Waals surface area contributed by atoms with Gasteiger partial charge in [0.1, 0.15) is 0 Å². The highest BCUT2D eigenvalue weighted by molar-refractivity contribution is 5.48. The van der Waals surface area contributed by atoms with E-state index >= 15 is 0 Å². The van der Waals surface area contributed by atoms with Crippen molar-refractivity contribution in [2.75, 3.05) is 5.32 Å². The van der Waals surface area contributed by atoms with Gasteiger partial charge in [0.05, 0.1) is 11.6 Å². The van der Waals surface area contributed by atoms with Crippen molar-refractivity contribution in [3.05, 3.63) is 35.7 Å². The van der Waals surface area contributed by atoms with Gasteiger partial charge in [-0.15, -0.1) is 5.10 Å². The molecule has 24 heavy (non-hydrogen) atoms. The molecule has 2 aliphatic rings. The van der Waals surface area contributed by atoms with Crippen LogP contribution < -0.4 is 5.32 Å². The average molecular weight is 325 g/mol. The molecule has 2 aliphatic carbocycles. The van der Waals surface area contributed by atoms with Gasteiger partial charge in [-0.25, -0.2) is 4.68 Å². The van der Waals surface area contributed by atoms with E-state index in [-0.39, 0.29) is 5.54 Å². The molecule has 5 heteroatoms. The zero-order valence-electron chi connectivity index (χ0n) is 14.5. The number of hydrogen-bond donors (Lipinski definition) is 1. The lowest BCUT2D eigenvalue weighted by atomic mass is 9.92. The van der Waals surface area contributed by atoms with Crippen LogP contribution in [0.1, 0.15) is 75.2 Å². The first-order chi connectivity index (χ1) is 11.8. The molecule has 1 heterocycles. The van der Waals surface area contributed by atoms with Crippen molar-refractivity contribution < 1.29 is 0 Å². The number of aromatic nitrogens is 4. The van der Waals surface area contributed by atoms with E-state index in [9.17, 15) is 0 Å². The minimum absolute atomic E-state index is 0.116. The monoisotopic (exact) mass is 325 g/mol. The summed E-state index contributed by atoms with van der Waals surface area (Å²) in [6.07, 6.45) is 11.0. The van der Waals surface area contributed by atoms with Crippen molar-refractivity contribution in [1.29, 1.82) is 0 Å². The molecule has 5 nitrogen and oxygen atoms in total. The molecular weight excluding hydrogens is 298 g/mol. The van der Waals surface area contributed by atoms with Gasteiger partial charge in [0.25, 0.3) is 0 Å². The Balaban J connectivity index is 1.67. The number of nitrogens with zero attached hydrogens (tertiary/aromatic N) is 4. The second-order valence-corrected chi connectivity index (χ2v) is 7.52. The van der Waals surface area contributed by atoms with Crippen LogP contribution >= 0.6 is 0 Å². The number of anilines is 1. The summed E-state index contributed by atoms with van der Waals surface area (Å²) in [7, 11) is 0. The van der Waals surface area contributed by atoms with E-state index in [1.807, 2.05) is 0 Å². The van der Waals surface area contributed by atoms with E-state index in [4.69, 9.17) is 0 Å². The molecule has 2 saturated carbocycles. The van der Waals surface area contributed by atoms with Crippen molar-refractivity contribution in [3.8, 4) is 0 Å². The summed E-state index contributed by atoms with van der Waals surface area (Å²) >= 11 is 0. The minimum atomic E-state index is -0.116. The van der Waals surface area contributed by atoms with E-state index in [2.05, 4.69) is 56.7 Å². The molecule has 0 saturated heterocycles. The maximum absolute atomic E-state index is 4.50. The van der Waals surface area contributed by atoms with Crippen LogP contribution in [0.25, 0.3) is 0 Å². The van der Waals surface area contributed by atoms with Crippen molar-refractivity contribution in [3.63, 3.8) is 0 Å². The quantitative estimate of drug-likeness (QED) is 0.907. The van der Waals surface area contributed by atoms with E-state index in [1.54, 1.807) is 0 Å². The molecule has 128 valence electrons. The lowest BCUT2D eigenvalue weighted by Gasteiger charge is -2.33. The third-order valence-corrected chi connectivity index (χ3v) is 5.70. The molecule has 0 unspecified atom stereocenters. The Bertz CT molecular complexity index is 681. The van der Waals surface area contributed by atoms with Gasteiger partial charge in [-0.05, 0) is 60.7 Å². The Morgan fingerprint density at radius 2 is 1.88 bits per heavy atom. The average Bonchev–Trinajstić information content (AvgIpc) is 3.25. The number of rotatable bonds is 4. The Morgan fingerprint density at radius 3 is 2.62 bits per heavy atom. The molecule has 2 fully saturated rings. The molecule has 0 atom stereocenters. The highest BCUT2D eigenvalue weighted by Crippen LogP contribution is 2.42. The fraction of sp³-hybridized carbons (Fsp3) is 0.632. The number of nitrogens with one attached hydrogen (secondary N) is 1. The molecule has 1 aromatic heterocycles. The Labute approximate surface area is 143 Å². The predicted octanol–water partition coefficient (Wildman–Crippen LogP) is 4.37. The van der Waals surface area contributed by atoms with Gasteiger partial charge >= 0.3 is 0 Å². The molecule has 1 N–H and O–H groups in total. The highest BCUT2D eigenvalue weighted by Gasteiger charge is 2.41. The third-order valence-electron chi connectivity index (χ3n) is 5.70. The third kappa shape index (κ3) is 2.92. The lowest BCUT2D eigenvalue weighted by molar-refractivity contribution is 0.298. The molecule has 0 aliphatic heterocycles. The van der Waals surface area contributed by atoms with Crippen molar-refractivity contribution in [2.24, 2.45) is 0 Å². The van der Waals surface area contributed by atoms with Crippen molar-refractivity contribution >= 4 is 5.69 Å². The van der Waals surface area contributed by atoms with Crippen LogP contribution in [-0.4, -0.2) is 20.2 Å². The maximum Gasteiger partial charge on any atom is 0.177 e. The second-order valence-electron chi connectivity index (χ2n) is 7.52. The first kappa shape index (κ1) is 15.6. The number of benzene rings is 1. The SMILES string of the molecule is Cc1cccc(NC2(c3nnnn3C3CCCCC3)CCCC2)c1. The first-order valence-electron chi connectivity index (χ1n) is 9.40. The van der Waals surface area contributed by atoms with Gasteiger partial charge in [-0.2, -0.15) is 0 Å². The Morgan fingerprint density at radius 1 is 1.08 bits per heavy atom. The van der Waals surface area contributed by atoms with E-state index in [1.165, 1.54) is 56.2 Å². The topological polar surface area (TPSA) is 55.6 Å². The highest BCUT2D eigenvalue weighted by atomic mass is 15.6. The lowest BCUT2D eigenvalue weighted by Crippen LogP contribution is -2.37. The van der Waals surface area contributed by atoms with Gasteiger partial charge in [-0.1, -0.05) is 44.2 Å². The van der Waals surface area contributed by atoms with Gasteiger partial charge in [0.2, 0.25) is 0 Å². The van der Waals surface area contributed by atoms with Crippen LogP contribution in [0.4, 0.5) is 5.69 Å². The van der Waals surface area contributed by atoms with Gasteiger partial charge in [0.15, 0.2) is 5.82 Å². The van der Waals surface area contributed by atoms with Crippen molar-refractivity contribution in [2.45, 2.75) is 76.3 Å². The predicted molar refractivity (Wildman–Crippen MR) is 94.9 cm³/mol. The van der Waals surface area contributed by atoms with Crippen LogP contribution in [-0.2, 0) is 5.54 Å². The van der Waals surface area contributed by atoms with Crippen LogP contribution in [0.2, 0.25) is 0 Å². The number of hydrogen-bond acceptors (Lipinski definition) is 4. The Hall–Kier alpha value is -1.91. The molecule has 0 amide bonds. The summed E-state index contributed by atoms with van der Waals surface area (Å²) in [6.45, 7) is 2.14. The summed E-state index contributed by atoms with van der Waals surface area (Å²) in [5, 5.41) is 16.8. The van der Waals surface area contributed by atoms with Crippen LogP contribution in [0, 0.1) is 6.92 Å². The summed E-state index contributed by atoms with van der Waals surface area (Å²) in [6, 6.07) is 9.10. The van der Waals surface area contributed by atoms with Gasteiger partial charge < -0.3 is 5.32 Å². The van der Waals surface area contributed by atoms with E-state index in [0.717, 1.165) is 18.7 Å². The molecule has 2 aromatic rings. The summed E-state index contributed by atoms with van der Waals surface area (Å²) in [4.78, 5) is 0. The number of tetrazole rings is 1. The second kappa shape index (κ2) is 6.54. The zero-order chi connectivity index (χ0) is 16.4. The van der Waals surface area contributed by atoms with Crippen LogP contribution in [0.5, 0.6) is 0 Å². The molecule has 0 spiro atoms. The molecule has 1 aromatic carbocycles. The number of aryl methyl sites for hydroxylation is 1. The molecular formula is C19H27N5. The summed E-state index contributed by atoms with van der Waals surface area (Å²) in [5.41, 5.74) is 2.34. The van der Waals surface area contributed by atoms with Crippen LogP contribution in [0.15, 0.2) is 24.3 Å². The normalized spacial score (nSPS) is 21.0. The van der Waals surface area contributed by atoms with E-state index in [0.29, 0.717) is 6.04 Å². The standard InChI is InChI=1S/C19H27N5/c1-15-8-7-9-16(14-15)20-19(12-5-6-13-19)18-21-22-23-24(18)17-10-3-2-4-11-17/h7-9,14,17,20H,2-6,10-13H2,1H3. The van der Waals surface area contributed by atoms with Gasteiger partial charge in [-0.3, -0.25) is 0 Å². The molecule has 0 bridgehead atoms. The minimum Gasteiger partial charge on any atom is -0.373 e. The zero-order valence-corrected chi connectivity index (χ0v) is 14.5. The smallest absolute Gasteiger partial charge is 0.177 e. The summed E-state index contributed by atoms with van der Waals surface area (Å²) in [5.74, 6) is 1.05. The van der Waals surface area contributed by atoms with Crippen LogP contribution in [0.3, 0.4) is 0 Å². The maximum atomic E-state index is 4.50. The van der Waals surface area contributed by atoms with Crippen molar-refractivity contribution in [1.82, 2.24) is 20.2 Å². The van der Waals surface area contributed by atoms with E-state index < -0.39 is 0 Å². The summed E-state index contributed by atoms with van der Waals surface area (Å²) < 4.78 is 2.15. The molecule has 0 radical (unpaired) electrons. The molecule has 4 rings (SSSR count).